The zero-order valence-electron chi connectivity index (χ0n) is 12.4. The Kier molecular flexibility index (Phi) is 3.87. The van der Waals surface area contributed by atoms with E-state index in [0.717, 1.165) is 12.1 Å². The molecule has 1 saturated heterocycles. The Hall–Kier alpha value is -2.32. The maximum Gasteiger partial charge on any atom is 0.323 e. The number of carbonyl (C=O) groups is 3. The van der Waals surface area contributed by atoms with Gasteiger partial charge in [-0.3, -0.25) is 24.2 Å². The fourth-order valence-corrected chi connectivity index (χ4v) is 3.01. The highest BCUT2D eigenvalue weighted by molar-refractivity contribution is 6.52. The number of β-amino-alcohol motifs (C(OH)–C–C–N with tert-alkyl or cyclic N) is 1. The molecule has 23 heavy (non-hydrogen) atoms. The molecule has 8 heteroatoms. The molecule has 0 saturated carbocycles. The quantitative estimate of drug-likeness (QED) is 0.619. The Labute approximate surface area is 131 Å². The SMILES string of the molecule is COC(=O)[C@@H]1C[C@H](O)CN1CN1C(=O)C(=O)c2cc(F)ccc21. The van der Waals surface area contributed by atoms with Gasteiger partial charge in [-0.25, -0.2) is 4.39 Å². The van der Waals surface area contributed by atoms with Gasteiger partial charge in [-0.15, -0.1) is 0 Å². The molecule has 1 aromatic carbocycles. The average Bonchev–Trinajstić information content (AvgIpc) is 3.00. The molecule has 7 nitrogen and oxygen atoms in total. The fourth-order valence-electron chi connectivity index (χ4n) is 3.01. The lowest BCUT2D eigenvalue weighted by Gasteiger charge is -2.27. The highest BCUT2D eigenvalue weighted by atomic mass is 19.1. The van der Waals surface area contributed by atoms with Gasteiger partial charge < -0.3 is 9.84 Å². The lowest BCUT2D eigenvalue weighted by molar-refractivity contribution is -0.146. The van der Waals surface area contributed by atoms with Gasteiger partial charge in [0.25, 0.3) is 5.78 Å². The Morgan fingerprint density at radius 1 is 1.43 bits per heavy atom. The van der Waals surface area contributed by atoms with E-state index in [1.807, 2.05) is 0 Å². The average molecular weight is 322 g/mol. The van der Waals surface area contributed by atoms with Crippen LogP contribution in [0.25, 0.3) is 0 Å². The van der Waals surface area contributed by atoms with Crippen LogP contribution < -0.4 is 4.90 Å². The molecule has 0 radical (unpaired) electrons. The minimum absolute atomic E-state index is 0.00404. The minimum Gasteiger partial charge on any atom is -0.468 e. The number of likely N-dealkylation sites (tertiary alicyclic amines) is 1. The van der Waals surface area contributed by atoms with Crippen LogP contribution in [0.15, 0.2) is 18.2 Å². The molecule has 1 amide bonds. The smallest absolute Gasteiger partial charge is 0.323 e. The van der Waals surface area contributed by atoms with E-state index in [-0.39, 0.29) is 25.2 Å². The van der Waals surface area contributed by atoms with Crippen molar-refractivity contribution in [3.63, 3.8) is 0 Å². The molecule has 0 aromatic heterocycles. The zero-order chi connectivity index (χ0) is 16.7. The van der Waals surface area contributed by atoms with Gasteiger partial charge in [0.1, 0.15) is 11.9 Å². The summed E-state index contributed by atoms with van der Waals surface area (Å²) in [6.07, 6.45) is -0.529. The van der Waals surface area contributed by atoms with Crippen molar-refractivity contribution in [2.75, 3.05) is 25.2 Å². The third-order valence-electron chi connectivity index (χ3n) is 4.11. The molecule has 1 aromatic rings. The summed E-state index contributed by atoms with van der Waals surface area (Å²) in [4.78, 5) is 38.6. The van der Waals surface area contributed by atoms with Crippen LogP contribution in [0, 0.1) is 5.82 Å². The predicted octanol–water partition coefficient (Wildman–Crippen LogP) is -0.0793. The molecular formula is C15H15FN2O5. The van der Waals surface area contributed by atoms with Gasteiger partial charge in [0.15, 0.2) is 0 Å². The summed E-state index contributed by atoms with van der Waals surface area (Å²) in [5.41, 5.74) is 0.302. The molecule has 0 unspecified atom stereocenters. The first-order chi connectivity index (χ1) is 10.9. The van der Waals surface area contributed by atoms with E-state index in [1.165, 1.54) is 18.1 Å². The van der Waals surface area contributed by atoms with Gasteiger partial charge in [-0.1, -0.05) is 0 Å². The molecule has 1 fully saturated rings. The van der Waals surface area contributed by atoms with Crippen molar-refractivity contribution in [2.24, 2.45) is 0 Å². The number of aliphatic hydroxyl groups is 1. The molecule has 2 aliphatic heterocycles. The van der Waals surface area contributed by atoms with Crippen molar-refractivity contribution in [3.05, 3.63) is 29.6 Å². The largest absolute Gasteiger partial charge is 0.468 e. The van der Waals surface area contributed by atoms with Crippen LogP contribution in [-0.4, -0.2) is 60.1 Å². The lowest BCUT2D eigenvalue weighted by Crippen LogP contribution is -2.46. The monoisotopic (exact) mass is 322 g/mol. The van der Waals surface area contributed by atoms with Crippen LogP contribution in [0.3, 0.4) is 0 Å². The van der Waals surface area contributed by atoms with Crippen molar-refractivity contribution < 1.29 is 28.6 Å². The first-order valence-corrected chi connectivity index (χ1v) is 7.08. The number of ether oxygens (including phenoxy) is 1. The van der Waals surface area contributed by atoms with Crippen molar-refractivity contribution in [1.82, 2.24) is 4.90 Å². The third kappa shape index (κ3) is 2.60. The number of carbonyl (C=O) groups excluding carboxylic acids is 3. The van der Waals surface area contributed by atoms with Gasteiger partial charge in [0, 0.05) is 13.0 Å². The number of methoxy groups -OCH3 is 1. The Balaban J connectivity index is 1.87. The van der Waals surface area contributed by atoms with Crippen LogP contribution >= 0.6 is 0 Å². The van der Waals surface area contributed by atoms with Crippen molar-refractivity contribution in [2.45, 2.75) is 18.6 Å². The normalized spacial score (nSPS) is 24.2. The number of aliphatic hydroxyl groups excluding tert-OH is 1. The molecule has 0 spiro atoms. The number of Topliss-reactive ketones (excluding diaryl/α,β-unsaturated/α-hetero) is 1. The number of anilines is 1. The molecule has 2 heterocycles. The van der Waals surface area contributed by atoms with E-state index in [9.17, 15) is 23.9 Å². The van der Waals surface area contributed by atoms with Gasteiger partial charge in [-0.05, 0) is 18.2 Å². The van der Waals surface area contributed by atoms with Gasteiger partial charge in [0.2, 0.25) is 0 Å². The van der Waals surface area contributed by atoms with Crippen LogP contribution in [-0.2, 0) is 14.3 Å². The maximum atomic E-state index is 13.3. The first kappa shape index (κ1) is 15.6. The van der Waals surface area contributed by atoms with Gasteiger partial charge in [-0.2, -0.15) is 0 Å². The number of fused-ring (bicyclic) bond motifs is 1. The summed E-state index contributed by atoms with van der Waals surface area (Å²) in [6, 6.07) is 2.84. The van der Waals surface area contributed by atoms with E-state index >= 15 is 0 Å². The van der Waals surface area contributed by atoms with E-state index in [4.69, 9.17) is 4.74 Å². The maximum absolute atomic E-state index is 13.3. The highest BCUT2D eigenvalue weighted by Crippen LogP contribution is 2.31. The van der Waals surface area contributed by atoms with E-state index in [0.29, 0.717) is 5.69 Å². The molecule has 2 aliphatic rings. The summed E-state index contributed by atoms with van der Waals surface area (Å²) in [6.45, 7) is 0.119. The fraction of sp³-hybridized carbons (Fsp3) is 0.400. The molecule has 0 aliphatic carbocycles. The summed E-state index contributed by atoms with van der Waals surface area (Å²) >= 11 is 0. The van der Waals surface area contributed by atoms with Crippen molar-refractivity contribution in [1.29, 1.82) is 0 Å². The van der Waals surface area contributed by atoms with E-state index in [2.05, 4.69) is 0 Å². The summed E-state index contributed by atoms with van der Waals surface area (Å²) < 4.78 is 18.0. The second-order valence-electron chi connectivity index (χ2n) is 5.57. The van der Waals surface area contributed by atoms with Gasteiger partial charge in [0.05, 0.1) is 31.1 Å². The van der Waals surface area contributed by atoms with Crippen LogP contribution in [0.4, 0.5) is 10.1 Å². The topological polar surface area (TPSA) is 87.2 Å². The van der Waals surface area contributed by atoms with Crippen LogP contribution in [0.2, 0.25) is 0 Å². The molecule has 2 atom stereocenters. The van der Waals surface area contributed by atoms with Gasteiger partial charge >= 0.3 is 11.9 Å². The first-order valence-electron chi connectivity index (χ1n) is 7.08. The number of halogens is 1. The predicted molar refractivity (Wildman–Crippen MR) is 76.2 cm³/mol. The number of benzene rings is 1. The molecule has 0 bridgehead atoms. The number of rotatable bonds is 3. The highest BCUT2D eigenvalue weighted by Gasteiger charge is 2.42. The standard InChI is InChI=1S/C15H15FN2O5/c1-23-15(22)12-5-9(19)6-17(12)7-18-11-3-2-8(16)4-10(11)13(20)14(18)21/h2-4,9,12,19H,5-7H2,1H3/t9-,12-/m0/s1. The summed E-state index contributed by atoms with van der Waals surface area (Å²) in [7, 11) is 1.24. The van der Waals surface area contributed by atoms with Crippen molar-refractivity contribution in [3.8, 4) is 0 Å². The minimum atomic E-state index is -0.783. The Morgan fingerprint density at radius 2 is 2.17 bits per heavy atom. The summed E-state index contributed by atoms with van der Waals surface area (Å²) in [5.74, 6) is -2.68. The number of nitrogens with zero attached hydrogens (tertiary/aromatic N) is 2. The van der Waals surface area contributed by atoms with E-state index < -0.39 is 35.6 Å². The Morgan fingerprint density at radius 3 is 2.87 bits per heavy atom. The number of hydrogen-bond acceptors (Lipinski definition) is 6. The Bertz CT molecular complexity index is 692. The lowest BCUT2D eigenvalue weighted by atomic mass is 10.1. The molecule has 1 N–H and O–H groups in total. The zero-order valence-corrected chi connectivity index (χ0v) is 12.4. The number of hydrogen-bond donors (Lipinski definition) is 1. The van der Waals surface area contributed by atoms with E-state index in [1.54, 1.807) is 4.90 Å². The van der Waals surface area contributed by atoms with Crippen molar-refractivity contribution >= 4 is 23.3 Å². The van der Waals surface area contributed by atoms with Crippen LogP contribution in [0.1, 0.15) is 16.8 Å². The number of esters is 1. The molecular weight excluding hydrogens is 307 g/mol. The van der Waals surface area contributed by atoms with Crippen LogP contribution in [0.5, 0.6) is 0 Å². The third-order valence-corrected chi connectivity index (χ3v) is 4.11. The molecule has 122 valence electrons. The number of ketones is 1. The molecule has 3 rings (SSSR count). The summed E-state index contributed by atoms with van der Waals surface area (Å²) in [5, 5.41) is 9.77. The number of amides is 1. The second kappa shape index (κ2) is 5.71. The second-order valence-corrected chi connectivity index (χ2v) is 5.57.